The molecule has 134 valence electrons. The molecule has 0 saturated heterocycles. The van der Waals surface area contributed by atoms with Crippen molar-refractivity contribution in [3.8, 4) is 5.88 Å². The number of nitrogens with one attached hydrogen (secondary N) is 1. The molecule has 1 heterocycles. The largest absolute Gasteiger partial charge is 0.478 e. The molecular formula is C18H25N3O3Si. The van der Waals surface area contributed by atoms with E-state index in [4.69, 9.17) is 15.2 Å². The van der Waals surface area contributed by atoms with Crippen molar-refractivity contribution in [1.29, 1.82) is 0 Å². The Balaban J connectivity index is 1.84. The molecule has 2 rings (SSSR count). The van der Waals surface area contributed by atoms with Gasteiger partial charge in [-0.15, -0.1) is 0 Å². The first-order valence-corrected chi connectivity index (χ1v) is 11.9. The van der Waals surface area contributed by atoms with Crippen LogP contribution in [0, 0.1) is 0 Å². The van der Waals surface area contributed by atoms with Crippen molar-refractivity contribution in [2.75, 3.05) is 17.7 Å². The molecule has 0 fully saturated rings. The van der Waals surface area contributed by atoms with Crippen molar-refractivity contribution in [3.63, 3.8) is 0 Å². The highest BCUT2D eigenvalue weighted by Gasteiger charge is 2.13. The van der Waals surface area contributed by atoms with Crippen molar-refractivity contribution in [1.82, 2.24) is 4.98 Å². The van der Waals surface area contributed by atoms with E-state index >= 15 is 0 Å². The summed E-state index contributed by atoms with van der Waals surface area (Å²) in [6, 6.07) is 13.8. The van der Waals surface area contributed by atoms with Gasteiger partial charge in [-0.05, 0) is 17.7 Å². The summed E-state index contributed by atoms with van der Waals surface area (Å²) in [5.74, 6) is 0.654. The summed E-state index contributed by atoms with van der Waals surface area (Å²) in [7, 11) is -1.15. The van der Waals surface area contributed by atoms with E-state index in [1.54, 1.807) is 12.1 Å². The predicted molar refractivity (Wildman–Crippen MR) is 103 cm³/mol. The van der Waals surface area contributed by atoms with E-state index in [2.05, 4.69) is 29.9 Å². The maximum atomic E-state index is 11.9. The Kier molecular flexibility index (Phi) is 6.41. The maximum absolute atomic E-state index is 11.9. The molecule has 1 amide bonds. The Bertz CT molecular complexity index is 702. The molecule has 1 aromatic heterocycles. The third-order valence-electron chi connectivity index (χ3n) is 3.45. The third kappa shape index (κ3) is 6.84. The zero-order valence-corrected chi connectivity index (χ0v) is 15.9. The summed E-state index contributed by atoms with van der Waals surface area (Å²) < 4.78 is 10.8. The van der Waals surface area contributed by atoms with Crippen LogP contribution in [0.2, 0.25) is 25.7 Å². The summed E-state index contributed by atoms with van der Waals surface area (Å²) >= 11 is 0. The van der Waals surface area contributed by atoms with Crippen molar-refractivity contribution in [2.24, 2.45) is 0 Å². The molecule has 1 aromatic carbocycles. The van der Waals surface area contributed by atoms with Crippen LogP contribution in [0.25, 0.3) is 0 Å². The number of hydrogen-bond donors (Lipinski definition) is 2. The number of nitrogens with two attached hydrogens (primary N) is 1. The number of carbonyl (C=O) groups is 1. The van der Waals surface area contributed by atoms with Gasteiger partial charge >= 0.3 is 6.09 Å². The molecule has 0 spiro atoms. The van der Waals surface area contributed by atoms with Crippen molar-refractivity contribution in [2.45, 2.75) is 32.3 Å². The fourth-order valence-electron chi connectivity index (χ4n) is 1.97. The Labute approximate surface area is 149 Å². The fraction of sp³-hybridized carbons (Fsp3) is 0.333. The van der Waals surface area contributed by atoms with Gasteiger partial charge in [-0.25, -0.2) is 4.79 Å². The van der Waals surface area contributed by atoms with Crippen LogP contribution in [-0.2, 0) is 11.3 Å². The highest BCUT2D eigenvalue weighted by atomic mass is 28.3. The third-order valence-corrected chi connectivity index (χ3v) is 5.15. The average molecular weight is 360 g/mol. The number of aromatic nitrogens is 1. The van der Waals surface area contributed by atoms with Crippen molar-refractivity contribution >= 4 is 25.7 Å². The number of benzene rings is 1. The molecule has 0 bridgehead atoms. The molecular weight excluding hydrogens is 334 g/mol. The lowest BCUT2D eigenvalue weighted by Gasteiger charge is -2.16. The van der Waals surface area contributed by atoms with Crippen LogP contribution in [0.1, 0.15) is 5.56 Å². The number of nitrogens with zero attached hydrogens (tertiary/aromatic N) is 1. The zero-order valence-electron chi connectivity index (χ0n) is 14.9. The highest BCUT2D eigenvalue weighted by molar-refractivity contribution is 6.76. The maximum Gasteiger partial charge on any atom is 0.412 e. The first-order chi connectivity index (χ1) is 11.8. The molecule has 25 heavy (non-hydrogen) atoms. The van der Waals surface area contributed by atoms with Gasteiger partial charge in [-0.1, -0.05) is 50.0 Å². The lowest BCUT2D eigenvalue weighted by Crippen LogP contribution is -2.22. The molecule has 3 N–H and O–H groups in total. The number of ether oxygens (including phenoxy) is 2. The van der Waals surface area contributed by atoms with Crippen molar-refractivity contribution in [3.05, 3.63) is 48.0 Å². The average Bonchev–Trinajstić information content (AvgIpc) is 2.55. The monoisotopic (exact) mass is 359 g/mol. The van der Waals surface area contributed by atoms with E-state index < -0.39 is 14.2 Å². The second kappa shape index (κ2) is 8.52. The van der Waals surface area contributed by atoms with E-state index in [-0.39, 0.29) is 12.4 Å². The molecule has 0 atom stereocenters. The van der Waals surface area contributed by atoms with E-state index in [0.29, 0.717) is 18.2 Å². The van der Waals surface area contributed by atoms with Gasteiger partial charge in [-0.2, -0.15) is 4.98 Å². The second-order valence-electron chi connectivity index (χ2n) is 6.93. The number of rotatable bonds is 7. The minimum Gasteiger partial charge on any atom is -0.478 e. The molecule has 0 saturated carbocycles. The summed E-state index contributed by atoms with van der Waals surface area (Å²) in [6.45, 7) is 7.66. The Hall–Kier alpha value is -2.54. The predicted octanol–water partition coefficient (Wildman–Crippen LogP) is 4.13. The van der Waals surface area contributed by atoms with Gasteiger partial charge in [0.25, 0.3) is 0 Å². The molecule has 7 heteroatoms. The zero-order chi connectivity index (χ0) is 18.3. The van der Waals surface area contributed by atoms with Gasteiger partial charge in [-0.3, -0.25) is 5.32 Å². The van der Waals surface area contributed by atoms with Gasteiger partial charge in [0.2, 0.25) is 5.88 Å². The molecule has 0 radical (unpaired) electrons. The number of anilines is 2. The van der Waals surface area contributed by atoms with Gasteiger partial charge < -0.3 is 15.2 Å². The van der Waals surface area contributed by atoms with Crippen molar-refractivity contribution < 1.29 is 14.3 Å². The van der Waals surface area contributed by atoms with Gasteiger partial charge in [0.15, 0.2) is 5.82 Å². The van der Waals surface area contributed by atoms with Crippen LogP contribution in [0.3, 0.4) is 0 Å². The van der Waals surface area contributed by atoms with Crippen LogP contribution in [0.15, 0.2) is 42.5 Å². The van der Waals surface area contributed by atoms with Gasteiger partial charge in [0.05, 0.1) is 12.3 Å². The van der Waals surface area contributed by atoms with Gasteiger partial charge in [0, 0.05) is 14.1 Å². The lowest BCUT2D eigenvalue weighted by molar-refractivity contribution is 0.155. The SMILES string of the molecule is C[Si](C)(C)CCOc1ccc(NC(=O)OCc2ccccc2)c(N)n1. The minimum atomic E-state index is -1.15. The van der Waals surface area contributed by atoms with Gasteiger partial charge in [0.1, 0.15) is 6.61 Å². The van der Waals surface area contributed by atoms with E-state index in [0.717, 1.165) is 11.6 Å². The first-order valence-electron chi connectivity index (χ1n) is 8.20. The Morgan fingerprint density at radius 2 is 1.88 bits per heavy atom. The van der Waals surface area contributed by atoms with Crippen LogP contribution in [0.5, 0.6) is 5.88 Å². The molecule has 0 unspecified atom stereocenters. The summed E-state index contributed by atoms with van der Waals surface area (Å²) in [5, 5.41) is 2.59. The fourth-order valence-corrected chi connectivity index (χ4v) is 2.69. The Morgan fingerprint density at radius 3 is 2.52 bits per heavy atom. The van der Waals surface area contributed by atoms with E-state index in [1.807, 2.05) is 30.3 Å². The normalized spacial score (nSPS) is 11.0. The standard InChI is InChI=1S/C18H25N3O3Si/c1-25(2,3)12-11-23-16-10-9-15(17(19)21-16)20-18(22)24-13-14-7-5-4-6-8-14/h4-10H,11-13H2,1-3H3,(H2,19,21)(H,20,22). The summed E-state index contributed by atoms with van der Waals surface area (Å²) in [6.07, 6.45) is -0.579. The topological polar surface area (TPSA) is 86.5 Å². The smallest absolute Gasteiger partial charge is 0.412 e. The van der Waals surface area contributed by atoms with Crippen LogP contribution in [0.4, 0.5) is 16.3 Å². The first kappa shape index (κ1) is 18.8. The molecule has 0 aliphatic rings. The molecule has 2 aromatic rings. The molecule has 0 aliphatic carbocycles. The lowest BCUT2D eigenvalue weighted by atomic mass is 10.2. The molecule has 0 aliphatic heterocycles. The van der Waals surface area contributed by atoms with E-state index in [1.165, 1.54) is 0 Å². The van der Waals surface area contributed by atoms with E-state index in [9.17, 15) is 4.79 Å². The number of carbonyl (C=O) groups excluding carboxylic acids is 1. The quantitative estimate of drug-likeness (QED) is 0.726. The summed E-state index contributed by atoms with van der Waals surface area (Å²) in [5.41, 5.74) is 7.19. The van der Waals surface area contributed by atoms with Crippen LogP contribution in [-0.4, -0.2) is 25.8 Å². The summed E-state index contributed by atoms with van der Waals surface area (Å²) in [4.78, 5) is 16.0. The number of hydrogen-bond acceptors (Lipinski definition) is 5. The number of amides is 1. The number of pyridine rings is 1. The number of nitrogen functional groups attached to an aromatic ring is 1. The van der Waals surface area contributed by atoms with Crippen LogP contribution >= 0.6 is 0 Å². The highest BCUT2D eigenvalue weighted by Crippen LogP contribution is 2.21. The minimum absolute atomic E-state index is 0.192. The molecule has 6 nitrogen and oxygen atoms in total. The van der Waals surface area contributed by atoms with Crippen LogP contribution < -0.4 is 15.8 Å². The Morgan fingerprint density at radius 1 is 1.16 bits per heavy atom. The second-order valence-corrected chi connectivity index (χ2v) is 12.5.